The number of rotatable bonds is 3. The van der Waals surface area contributed by atoms with Gasteiger partial charge in [0.1, 0.15) is 5.75 Å². The fourth-order valence-corrected chi connectivity index (χ4v) is 1.38. The molecule has 0 saturated heterocycles. The van der Waals surface area contributed by atoms with Crippen molar-refractivity contribution in [2.24, 2.45) is 0 Å². The van der Waals surface area contributed by atoms with Gasteiger partial charge in [-0.1, -0.05) is 12.1 Å². The standard InChI is InChI=1S/C11H10ClN3O2/c1-7-4-3-5-8(6-7)17-11-14-9(12)13-10(15-11)16-2/h3-6H,1-2H3. The zero-order chi connectivity index (χ0) is 12.3. The SMILES string of the molecule is COc1nc(Cl)nc(Oc2cccc(C)c2)n1. The summed E-state index contributed by atoms with van der Waals surface area (Å²) in [5.41, 5.74) is 1.08. The maximum atomic E-state index is 5.70. The van der Waals surface area contributed by atoms with Crippen molar-refractivity contribution in [2.75, 3.05) is 7.11 Å². The Labute approximate surface area is 103 Å². The highest BCUT2D eigenvalue weighted by atomic mass is 35.5. The van der Waals surface area contributed by atoms with Gasteiger partial charge in [-0.15, -0.1) is 4.98 Å². The second-order valence-electron chi connectivity index (χ2n) is 3.29. The summed E-state index contributed by atoms with van der Waals surface area (Å²) in [4.78, 5) is 11.5. The molecule has 1 aromatic carbocycles. The Morgan fingerprint density at radius 1 is 1.12 bits per heavy atom. The van der Waals surface area contributed by atoms with Gasteiger partial charge < -0.3 is 9.47 Å². The van der Waals surface area contributed by atoms with Gasteiger partial charge in [-0.05, 0) is 36.2 Å². The minimum atomic E-state index is 0.0273. The van der Waals surface area contributed by atoms with E-state index < -0.39 is 0 Å². The number of aryl methyl sites for hydroxylation is 1. The molecule has 2 rings (SSSR count). The molecule has 0 saturated carbocycles. The second kappa shape index (κ2) is 4.97. The van der Waals surface area contributed by atoms with Crippen LogP contribution >= 0.6 is 11.6 Å². The van der Waals surface area contributed by atoms with Gasteiger partial charge in [0.25, 0.3) is 0 Å². The van der Waals surface area contributed by atoms with Crippen molar-refractivity contribution in [1.82, 2.24) is 15.0 Å². The van der Waals surface area contributed by atoms with E-state index in [1.54, 1.807) is 6.07 Å². The normalized spacial score (nSPS) is 10.1. The van der Waals surface area contributed by atoms with E-state index in [0.29, 0.717) is 5.75 Å². The summed E-state index contributed by atoms with van der Waals surface area (Å²) in [6.07, 6.45) is 0. The monoisotopic (exact) mass is 251 g/mol. The Kier molecular flexibility index (Phi) is 3.39. The lowest BCUT2D eigenvalue weighted by atomic mass is 10.2. The van der Waals surface area contributed by atoms with Crippen LogP contribution in [0, 0.1) is 6.92 Å². The summed E-state index contributed by atoms with van der Waals surface area (Å²) in [6, 6.07) is 7.74. The molecular weight excluding hydrogens is 242 g/mol. The number of ether oxygens (including phenoxy) is 2. The molecule has 0 N–H and O–H groups in total. The van der Waals surface area contributed by atoms with Crippen molar-refractivity contribution in [3.05, 3.63) is 35.1 Å². The van der Waals surface area contributed by atoms with E-state index in [1.807, 2.05) is 25.1 Å². The van der Waals surface area contributed by atoms with Crippen LogP contribution in [-0.2, 0) is 0 Å². The summed E-state index contributed by atoms with van der Waals surface area (Å²) >= 11 is 5.70. The van der Waals surface area contributed by atoms with Crippen molar-refractivity contribution in [1.29, 1.82) is 0 Å². The average molecular weight is 252 g/mol. The molecule has 0 bridgehead atoms. The summed E-state index contributed by atoms with van der Waals surface area (Å²) < 4.78 is 10.3. The number of hydrogen-bond donors (Lipinski definition) is 0. The van der Waals surface area contributed by atoms with E-state index >= 15 is 0 Å². The predicted molar refractivity (Wildman–Crippen MR) is 62.6 cm³/mol. The van der Waals surface area contributed by atoms with Crippen molar-refractivity contribution in [2.45, 2.75) is 6.92 Å². The molecule has 0 amide bonds. The lowest BCUT2D eigenvalue weighted by Crippen LogP contribution is -1.98. The van der Waals surface area contributed by atoms with E-state index in [-0.39, 0.29) is 17.3 Å². The quantitative estimate of drug-likeness (QED) is 0.839. The fourth-order valence-electron chi connectivity index (χ4n) is 1.24. The van der Waals surface area contributed by atoms with Gasteiger partial charge in [0.05, 0.1) is 7.11 Å². The van der Waals surface area contributed by atoms with E-state index in [0.717, 1.165) is 5.56 Å². The van der Waals surface area contributed by atoms with Crippen LogP contribution in [0.25, 0.3) is 0 Å². The van der Waals surface area contributed by atoms with E-state index in [9.17, 15) is 0 Å². The molecule has 17 heavy (non-hydrogen) atoms. The maximum absolute atomic E-state index is 5.70. The first-order chi connectivity index (χ1) is 8.17. The van der Waals surface area contributed by atoms with Crippen molar-refractivity contribution < 1.29 is 9.47 Å². The van der Waals surface area contributed by atoms with Crippen LogP contribution in [0.15, 0.2) is 24.3 Å². The highest BCUT2D eigenvalue weighted by Crippen LogP contribution is 2.21. The zero-order valence-corrected chi connectivity index (χ0v) is 10.1. The van der Waals surface area contributed by atoms with E-state index in [4.69, 9.17) is 21.1 Å². The third-order valence-electron chi connectivity index (χ3n) is 1.95. The summed E-state index contributed by atoms with van der Waals surface area (Å²) in [7, 11) is 1.45. The first-order valence-corrected chi connectivity index (χ1v) is 5.25. The first-order valence-electron chi connectivity index (χ1n) is 4.87. The van der Waals surface area contributed by atoms with Crippen LogP contribution in [0.3, 0.4) is 0 Å². The van der Waals surface area contributed by atoms with E-state index in [2.05, 4.69) is 15.0 Å². The van der Waals surface area contributed by atoms with Gasteiger partial charge in [-0.2, -0.15) is 9.97 Å². The largest absolute Gasteiger partial charge is 0.467 e. The topological polar surface area (TPSA) is 57.1 Å². The fraction of sp³-hybridized carbons (Fsp3) is 0.182. The number of halogens is 1. The molecule has 0 fully saturated rings. The Morgan fingerprint density at radius 2 is 1.88 bits per heavy atom. The number of benzene rings is 1. The molecule has 0 unspecified atom stereocenters. The molecule has 1 heterocycles. The van der Waals surface area contributed by atoms with Crippen LogP contribution in [0.5, 0.6) is 17.8 Å². The van der Waals surface area contributed by atoms with Crippen molar-refractivity contribution >= 4 is 11.6 Å². The van der Waals surface area contributed by atoms with Gasteiger partial charge in [-0.3, -0.25) is 0 Å². The van der Waals surface area contributed by atoms with Crippen LogP contribution in [0.2, 0.25) is 5.28 Å². The summed E-state index contributed by atoms with van der Waals surface area (Å²) in [5, 5.41) is 0.0273. The Bertz CT molecular complexity index is 534. The highest BCUT2D eigenvalue weighted by molar-refractivity contribution is 6.28. The molecule has 5 nitrogen and oxygen atoms in total. The molecule has 0 atom stereocenters. The van der Waals surface area contributed by atoms with Crippen LogP contribution in [0.1, 0.15) is 5.56 Å². The van der Waals surface area contributed by atoms with Crippen molar-refractivity contribution in [3.8, 4) is 17.8 Å². The number of nitrogens with zero attached hydrogens (tertiary/aromatic N) is 3. The van der Waals surface area contributed by atoms with Crippen LogP contribution < -0.4 is 9.47 Å². The summed E-state index contributed by atoms with van der Waals surface area (Å²) in [6.45, 7) is 1.97. The molecular formula is C11H10ClN3O2. The minimum absolute atomic E-state index is 0.0273. The van der Waals surface area contributed by atoms with Gasteiger partial charge in [0, 0.05) is 0 Å². The van der Waals surface area contributed by atoms with Gasteiger partial charge in [0.2, 0.25) is 5.28 Å². The molecule has 0 aliphatic heterocycles. The average Bonchev–Trinajstić information content (AvgIpc) is 2.28. The molecule has 0 spiro atoms. The summed E-state index contributed by atoms with van der Waals surface area (Å²) in [5.74, 6) is 0.634. The molecule has 1 aromatic heterocycles. The number of hydrogen-bond acceptors (Lipinski definition) is 5. The van der Waals surface area contributed by atoms with Crippen LogP contribution in [-0.4, -0.2) is 22.1 Å². The maximum Gasteiger partial charge on any atom is 0.329 e. The lowest BCUT2D eigenvalue weighted by molar-refractivity contribution is 0.359. The predicted octanol–water partition coefficient (Wildman–Crippen LogP) is 2.63. The molecule has 2 aromatic rings. The lowest BCUT2D eigenvalue weighted by Gasteiger charge is -2.05. The molecule has 0 radical (unpaired) electrons. The zero-order valence-electron chi connectivity index (χ0n) is 9.35. The number of aromatic nitrogens is 3. The van der Waals surface area contributed by atoms with Gasteiger partial charge in [-0.25, -0.2) is 0 Å². The number of methoxy groups -OCH3 is 1. The van der Waals surface area contributed by atoms with Crippen LogP contribution in [0.4, 0.5) is 0 Å². The highest BCUT2D eigenvalue weighted by Gasteiger charge is 2.07. The third-order valence-corrected chi connectivity index (χ3v) is 2.12. The third kappa shape index (κ3) is 3.04. The van der Waals surface area contributed by atoms with Crippen molar-refractivity contribution in [3.63, 3.8) is 0 Å². The first kappa shape index (κ1) is 11.6. The smallest absolute Gasteiger partial charge is 0.329 e. The molecule has 0 aliphatic carbocycles. The molecule has 88 valence electrons. The molecule has 0 aliphatic rings. The second-order valence-corrected chi connectivity index (χ2v) is 3.63. The minimum Gasteiger partial charge on any atom is -0.467 e. The van der Waals surface area contributed by atoms with E-state index in [1.165, 1.54) is 7.11 Å². The van der Waals surface area contributed by atoms with Gasteiger partial charge >= 0.3 is 12.0 Å². The Balaban J connectivity index is 2.26. The Morgan fingerprint density at radius 3 is 2.59 bits per heavy atom. The molecule has 6 heteroatoms. The van der Waals surface area contributed by atoms with Gasteiger partial charge in [0.15, 0.2) is 0 Å². The Hall–Kier alpha value is -1.88.